The number of nitrogens with zero attached hydrogens (tertiary/aromatic N) is 5. The zero-order valence-electron chi connectivity index (χ0n) is 15.3. The molecule has 0 atom stereocenters. The molecular weight excluding hydrogens is 316 g/mol. The topological polar surface area (TPSA) is 60.5 Å². The molecule has 4 heterocycles. The van der Waals surface area contributed by atoms with Crippen LogP contribution in [-0.4, -0.2) is 78.9 Å². The van der Waals surface area contributed by atoms with E-state index in [-0.39, 0.29) is 0 Å². The highest BCUT2D eigenvalue weighted by molar-refractivity contribution is 5.89. The molecule has 2 aromatic heterocycles. The van der Waals surface area contributed by atoms with Crippen LogP contribution in [0.25, 0.3) is 11.0 Å². The molecule has 0 saturated carbocycles. The Kier molecular flexibility index (Phi) is 4.76. The first-order valence-electron chi connectivity index (χ1n) is 9.42. The minimum absolute atomic E-state index is 0.746. The fraction of sp³-hybridized carbons (Fsp3) is 0.667. The number of piperazine rings is 1. The van der Waals surface area contributed by atoms with Gasteiger partial charge < -0.3 is 19.5 Å². The van der Waals surface area contributed by atoms with Crippen LogP contribution in [0.4, 0.5) is 11.8 Å². The van der Waals surface area contributed by atoms with Gasteiger partial charge in [0.1, 0.15) is 11.5 Å². The summed E-state index contributed by atoms with van der Waals surface area (Å²) in [5.41, 5.74) is 2.08. The summed E-state index contributed by atoms with van der Waals surface area (Å²) in [4.78, 5) is 20.4. The summed E-state index contributed by atoms with van der Waals surface area (Å²) >= 11 is 0. The Morgan fingerprint density at radius 2 is 1.80 bits per heavy atom. The molecule has 0 bridgehead atoms. The van der Waals surface area contributed by atoms with E-state index in [4.69, 9.17) is 14.7 Å². The molecular formula is C18H28N6O. The summed E-state index contributed by atoms with van der Waals surface area (Å²) < 4.78 is 5.47. The van der Waals surface area contributed by atoms with Crippen molar-refractivity contribution in [2.24, 2.45) is 0 Å². The lowest BCUT2D eigenvalue weighted by atomic mass is 10.2. The molecule has 4 rings (SSSR count). The molecule has 2 aromatic rings. The van der Waals surface area contributed by atoms with E-state index in [1.807, 2.05) is 0 Å². The van der Waals surface area contributed by atoms with Gasteiger partial charge in [0.05, 0.1) is 18.6 Å². The van der Waals surface area contributed by atoms with E-state index in [1.165, 1.54) is 13.0 Å². The molecule has 2 saturated heterocycles. The monoisotopic (exact) mass is 344 g/mol. The van der Waals surface area contributed by atoms with Crippen LogP contribution < -0.4 is 9.80 Å². The Morgan fingerprint density at radius 1 is 1.04 bits per heavy atom. The van der Waals surface area contributed by atoms with E-state index in [9.17, 15) is 0 Å². The molecule has 0 aromatic carbocycles. The third kappa shape index (κ3) is 3.43. The number of H-pyrrole nitrogens is 1. The number of ether oxygens (including phenoxy) is 1. The molecule has 7 heteroatoms. The van der Waals surface area contributed by atoms with Crippen molar-refractivity contribution in [2.45, 2.75) is 20.3 Å². The number of rotatable bonds is 4. The smallest absolute Gasteiger partial charge is 0.229 e. The lowest BCUT2D eigenvalue weighted by Crippen LogP contribution is -2.47. The molecule has 1 N–H and O–H groups in total. The summed E-state index contributed by atoms with van der Waals surface area (Å²) in [6.45, 7) is 13.0. The van der Waals surface area contributed by atoms with Crippen LogP contribution in [-0.2, 0) is 4.74 Å². The largest absolute Gasteiger partial charge is 0.378 e. The quantitative estimate of drug-likeness (QED) is 0.910. The highest BCUT2D eigenvalue weighted by atomic mass is 16.5. The molecule has 136 valence electrons. The molecule has 0 radical (unpaired) electrons. The van der Waals surface area contributed by atoms with Crippen LogP contribution in [0.2, 0.25) is 0 Å². The average Bonchev–Trinajstić information content (AvgIpc) is 3.03. The molecule has 2 aliphatic heterocycles. The van der Waals surface area contributed by atoms with Gasteiger partial charge in [-0.15, -0.1) is 0 Å². The standard InChI is InChI=1S/C18H28N6O/c1-3-4-22-5-7-23(8-6-22)17-15-13-14(2)19-16(15)20-18(21-17)24-9-11-25-12-10-24/h13H,3-12H2,1-2H3,(H,19,20,21). The van der Waals surface area contributed by atoms with Crippen LogP contribution >= 0.6 is 0 Å². The Bertz CT molecular complexity index is 716. The molecule has 0 aliphatic carbocycles. The number of hydrogen-bond acceptors (Lipinski definition) is 6. The predicted octanol–water partition coefficient (Wildman–Crippen LogP) is 1.63. The molecule has 0 unspecified atom stereocenters. The van der Waals surface area contributed by atoms with Crippen molar-refractivity contribution in [1.29, 1.82) is 0 Å². The van der Waals surface area contributed by atoms with Gasteiger partial charge in [-0.1, -0.05) is 6.92 Å². The van der Waals surface area contributed by atoms with Crippen LogP contribution in [0, 0.1) is 6.92 Å². The fourth-order valence-electron chi connectivity index (χ4n) is 3.76. The summed E-state index contributed by atoms with van der Waals surface area (Å²) in [6, 6.07) is 2.17. The van der Waals surface area contributed by atoms with Crippen molar-refractivity contribution < 1.29 is 4.74 Å². The van der Waals surface area contributed by atoms with Gasteiger partial charge in [-0.05, 0) is 26.0 Å². The second-order valence-electron chi connectivity index (χ2n) is 6.99. The van der Waals surface area contributed by atoms with Gasteiger partial charge in [-0.3, -0.25) is 4.90 Å². The number of morpholine rings is 1. The van der Waals surface area contributed by atoms with Gasteiger partial charge in [0.15, 0.2) is 0 Å². The van der Waals surface area contributed by atoms with Gasteiger partial charge in [-0.2, -0.15) is 9.97 Å². The number of fused-ring (bicyclic) bond motifs is 1. The van der Waals surface area contributed by atoms with Crippen molar-refractivity contribution in [3.8, 4) is 0 Å². The van der Waals surface area contributed by atoms with E-state index in [0.717, 1.165) is 81.0 Å². The van der Waals surface area contributed by atoms with E-state index >= 15 is 0 Å². The molecule has 25 heavy (non-hydrogen) atoms. The summed E-state index contributed by atoms with van der Waals surface area (Å²) in [7, 11) is 0. The maximum atomic E-state index is 5.47. The molecule has 2 fully saturated rings. The Morgan fingerprint density at radius 3 is 2.52 bits per heavy atom. The van der Waals surface area contributed by atoms with E-state index in [2.05, 4.69) is 39.6 Å². The third-order valence-corrected chi connectivity index (χ3v) is 5.10. The number of aromatic amines is 1. The maximum Gasteiger partial charge on any atom is 0.229 e. The van der Waals surface area contributed by atoms with Crippen molar-refractivity contribution in [3.63, 3.8) is 0 Å². The Labute approximate surface area is 149 Å². The normalized spacial score (nSPS) is 19.8. The number of nitrogens with one attached hydrogen (secondary N) is 1. The number of aromatic nitrogens is 3. The molecule has 7 nitrogen and oxygen atoms in total. The predicted molar refractivity (Wildman–Crippen MR) is 101 cm³/mol. The second kappa shape index (κ2) is 7.17. The first-order valence-corrected chi connectivity index (χ1v) is 9.42. The maximum absolute atomic E-state index is 5.47. The summed E-state index contributed by atoms with van der Waals surface area (Å²) in [5, 5.41) is 1.14. The van der Waals surface area contributed by atoms with Crippen molar-refractivity contribution in [2.75, 3.05) is 68.8 Å². The van der Waals surface area contributed by atoms with E-state index in [0.29, 0.717) is 0 Å². The third-order valence-electron chi connectivity index (χ3n) is 5.10. The van der Waals surface area contributed by atoms with Gasteiger partial charge in [0.25, 0.3) is 0 Å². The van der Waals surface area contributed by atoms with Crippen molar-refractivity contribution >= 4 is 22.8 Å². The minimum atomic E-state index is 0.746. The lowest BCUT2D eigenvalue weighted by Gasteiger charge is -2.36. The number of anilines is 2. The molecule has 0 amide bonds. The molecule has 0 spiro atoms. The SMILES string of the molecule is CCCN1CCN(c2nc(N3CCOCC3)nc3[nH]c(C)cc23)CC1. The van der Waals surface area contributed by atoms with Crippen molar-refractivity contribution in [1.82, 2.24) is 19.9 Å². The first-order chi connectivity index (χ1) is 12.2. The van der Waals surface area contributed by atoms with Crippen LogP contribution in [0.3, 0.4) is 0 Å². The zero-order valence-corrected chi connectivity index (χ0v) is 15.3. The van der Waals surface area contributed by atoms with Crippen molar-refractivity contribution in [3.05, 3.63) is 11.8 Å². The van der Waals surface area contributed by atoms with Crippen LogP contribution in [0.5, 0.6) is 0 Å². The zero-order chi connectivity index (χ0) is 17.2. The fourth-order valence-corrected chi connectivity index (χ4v) is 3.76. The first kappa shape index (κ1) is 16.6. The highest BCUT2D eigenvalue weighted by Gasteiger charge is 2.23. The number of aryl methyl sites for hydroxylation is 1. The summed E-state index contributed by atoms with van der Waals surface area (Å²) in [6.07, 6.45) is 1.22. The second-order valence-corrected chi connectivity index (χ2v) is 6.99. The Hall–Kier alpha value is -1.86. The van der Waals surface area contributed by atoms with E-state index in [1.54, 1.807) is 0 Å². The number of hydrogen-bond donors (Lipinski definition) is 1. The highest BCUT2D eigenvalue weighted by Crippen LogP contribution is 2.28. The van der Waals surface area contributed by atoms with E-state index < -0.39 is 0 Å². The van der Waals surface area contributed by atoms with Crippen LogP contribution in [0.1, 0.15) is 19.0 Å². The van der Waals surface area contributed by atoms with Gasteiger partial charge in [0.2, 0.25) is 5.95 Å². The van der Waals surface area contributed by atoms with Gasteiger partial charge >= 0.3 is 0 Å². The molecule has 2 aliphatic rings. The van der Waals surface area contributed by atoms with Gasteiger partial charge in [-0.25, -0.2) is 0 Å². The van der Waals surface area contributed by atoms with Gasteiger partial charge in [0, 0.05) is 45.0 Å². The minimum Gasteiger partial charge on any atom is -0.378 e. The lowest BCUT2D eigenvalue weighted by molar-refractivity contribution is 0.122. The Balaban J connectivity index is 1.64. The van der Waals surface area contributed by atoms with Crippen LogP contribution in [0.15, 0.2) is 6.07 Å². The summed E-state index contributed by atoms with van der Waals surface area (Å²) in [5.74, 6) is 1.90. The average molecular weight is 344 g/mol.